The average molecular weight is 209 g/mol. The third-order valence-electron chi connectivity index (χ3n) is 2.44. The first-order valence-corrected chi connectivity index (χ1v) is 5.10. The van der Waals surface area contributed by atoms with Gasteiger partial charge < -0.3 is 9.84 Å². The third kappa shape index (κ3) is 3.51. The van der Waals surface area contributed by atoms with E-state index in [4.69, 9.17) is 4.74 Å². The standard InChI is InChI=1S/C12H19NO2/c1-12(2,3)10(14)7-9-5-6-13-11(8-9)15-4/h5-6,8,10,14H,7H2,1-4H3. The molecule has 1 aromatic rings. The van der Waals surface area contributed by atoms with E-state index in [-0.39, 0.29) is 11.5 Å². The van der Waals surface area contributed by atoms with Crippen molar-refractivity contribution in [2.24, 2.45) is 5.41 Å². The molecule has 3 nitrogen and oxygen atoms in total. The maximum Gasteiger partial charge on any atom is 0.213 e. The van der Waals surface area contributed by atoms with Crippen LogP contribution in [0.15, 0.2) is 18.3 Å². The molecular weight excluding hydrogens is 190 g/mol. The van der Waals surface area contributed by atoms with Crippen LogP contribution in [0.1, 0.15) is 26.3 Å². The Kier molecular flexibility index (Phi) is 3.69. The minimum absolute atomic E-state index is 0.101. The largest absolute Gasteiger partial charge is 0.481 e. The Morgan fingerprint density at radius 1 is 1.47 bits per heavy atom. The molecule has 0 fully saturated rings. The maximum absolute atomic E-state index is 9.94. The Morgan fingerprint density at radius 3 is 2.67 bits per heavy atom. The molecule has 0 bridgehead atoms. The molecule has 1 unspecified atom stereocenters. The summed E-state index contributed by atoms with van der Waals surface area (Å²) in [6, 6.07) is 3.76. The number of aliphatic hydroxyl groups is 1. The van der Waals surface area contributed by atoms with Crippen LogP contribution in [-0.2, 0) is 6.42 Å². The van der Waals surface area contributed by atoms with Gasteiger partial charge in [-0.05, 0) is 23.5 Å². The number of ether oxygens (including phenoxy) is 1. The van der Waals surface area contributed by atoms with Crippen LogP contribution in [0, 0.1) is 5.41 Å². The third-order valence-corrected chi connectivity index (χ3v) is 2.44. The van der Waals surface area contributed by atoms with Gasteiger partial charge in [-0.25, -0.2) is 4.98 Å². The van der Waals surface area contributed by atoms with Gasteiger partial charge in [0.2, 0.25) is 5.88 Å². The monoisotopic (exact) mass is 209 g/mol. The molecule has 15 heavy (non-hydrogen) atoms. The molecule has 1 aromatic heterocycles. The number of nitrogens with zero attached hydrogens (tertiary/aromatic N) is 1. The van der Waals surface area contributed by atoms with E-state index in [1.807, 2.05) is 32.9 Å². The second-order valence-electron chi connectivity index (χ2n) is 4.79. The lowest BCUT2D eigenvalue weighted by molar-refractivity contribution is 0.0635. The summed E-state index contributed by atoms with van der Waals surface area (Å²) in [6.07, 6.45) is 1.97. The van der Waals surface area contributed by atoms with Crippen molar-refractivity contribution in [3.63, 3.8) is 0 Å². The van der Waals surface area contributed by atoms with E-state index in [1.54, 1.807) is 13.3 Å². The Balaban J connectivity index is 2.72. The van der Waals surface area contributed by atoms with E-state index >= 15 is 0 Å². The quantitative estimate of drug-likeness (QED) is 0.828. The molecule has 0 aromatic carbocycles. The van der Waals surface area contributed by atoms with Gasteiger partial charge in [0.05, 0.1) is 13.2 Å². The van der Waals surface area contributed by atoms with Gasteiger partial charge >= 0.3 is 0 Å². The number of aromatic nitrogens is 1. The van der Waals surface area contributed by atoms with Crippen molar-refractivity contribution in [3.8, 4) is 5.88 Å². The van der Waals surface area contributed by atoms with Gasteiger partial charge in [-0.3, -0.25) is 0 Å². The zero-order chi connectivity index (χ0) is 11.5. The van der Waals surface area contributed by atoms with Gasteiger partial charge in [0.1, 0.15) is 0 Å². The minimum atomic E-state index is -0.357. The second-order valence-corrected chi connectivity index (χ2v) is 4.79. The second kappa shape index (κ2) is 4.62. The van der Waals surface area contributed by atoms with E-state index in [9.17, 15) is 5.11 Å². The van der Waals surface area contributed by atoms with Crippen molar-refractivity contribution in [3.05, 3.63) is 23.9 Å². The van der Waals surface area contributed by atoms with Crippen LogP contribution in [0.4, 0.5) is 0 Å². The Labute approximate surface area is 91.1 Å². The smallest absolute Gasteiger partial charge is 0.213 e. The molecule has 1 N–H and O–H groups in total. The molecule has 0 saturated carbocycles. The molecule has 0 aliphatic heterocycles. The van der Waals surface area contributed by atoms with Crippen molar-refractivity contribution in [1.29, 1.82) is 0 Å². The topological polar surface area (TPSA) is 42.4 Å². The molecule has 84 valence electrons. The molecule has 0 aliphatic carbocycles. The van der Waals surface area contributed by atoms with E-state index in [0.29, 0.717) is 12.3 Å². The first-order valence-electron chi connectivity index (χ1n) is 5.10. The van der Waals surface area contributed by atoms with Crippen LogP contribution in [0.5, 0.6) is 5.88 Å². The number of pyridine rings is 1. The summed E-state index contributed by atoms with van der Waals surface area (Å²) in [5.74, 6) is 0.591. The fourth-order valence-electron chi connectivity index (χ4n) is 1.22. The fourth-order valence-corrected chi connectivity index (χ4v) is 1.22. The molecule has 0 amide bonds. The predicted molar refractivity (Wildman–Crippen MR) is 60.0 cm³/mol. The lowest BCUT2D eigenvalue weighted by atomic mass is 9.85. The summed E-state index contributed by atoms with van der Waals surface area (Å²) in [5, 5.41) is 9.94. The van der Waals surface area contributed by atoms with E-state index < -0.39 is 0 Å². The SMILES string of the molecule is COc1cc(CC(O)C(C)(C)C)ccn1. The van der Waals surface area contributed by atoms with Gasteiger partial charge in [-0.2, -0.15) is 0 Å². The van der Waals surface area contributed by atoms with Gasteiger partial charge in [-0.1, -0.05) is 20.8 Å². The molecule has 0 radical (unpaired) electrons. The van der Waals surface area contributed by atoms with Gasteiger partial charge in [-0.15, -0.1) is 0 Å². The summed E-state index contributed by atoms with van der Waals surface area (Å²) >= 11 is 0. The summed E-state index contributed by atoms with van der Waals surface area (Å²) in [7, 11) is 1.59. The Bertz CT molecular complexity index is 318. The summed E-state index contributed by atoms with van der Waals surface area (Å²) in [5.41, 5.74) is 0.945. The van der Waals surface area contributed by atoms with Gasteiger partial charge in [0.25, 0.3) is 0 Å². The highest BCUT2D eigenvalue weighted by Crippen LogP contribution is 2.23. The van der Waals surface area contributed by atoms with Crippen LogP contribution in [0.2, 0.25) is 0 Å². The van der Waals surface area contributed by atoms with Crippen molar-refractivity contribution >= 4 is 0 Å². The first kappa shape index (κ1) is 12.0. The summed E-state index contributed by atoms with van der Waals surface area (Å²) in [6.45, 7) is 6.07. The number of hydrogen-bond donors (Lipinski definition) is 1. The van der Waals surface area contributed by atoms with Crippen molar-refractivity contribution in [2.45, 2.75) is 33.3 Å². The molecule has 1 atom stereocenters. The van der Waals surface area contributed by atoms with Crippen molar-refractivity contribution < 1.29 is 9.84 Å². The van der Waals surface area contributed by atoms with Crippen LogP contribution in [-0.4, -0.2) is 23.3 Å². The number of aliphatic hydroxyl groups excluding tert-OH is 1. The summed E-state index contributed by atoms with van der Waals surface area (Å²) < 4.78 is 5.03. The maximum atomic E-state index is 9.94. The Hall–Kier alpha value is -1.09. The molecular formula is C12H19NO2. The van der Waals surface area contributed by atoms with Crippen LogP contribution >= 0.6 is 0 Å². The molecule has 3 heteroatoms. The zero-order valence-corrected chi connectivity index (χ0v) is 9.82. The van der Waals surface area contributed by atoms with E-state index in [1.165, 1.54) is 0 Å². The average Bonchev–Trinajstić information content (AvgIpc) is 2.16. The van der Waals surface area contributed by atoms with E-state index in [2.05, 4.69) is 4.98 Å². The fraction of sp³-hybridized carbons (Fsp3) is 0.583. The first-order chi connectivity index (χ1) is 6.93. The Morgan fingerprint density at radius 2 is 2.13 bits per heavy atom. The predicted octanol–water partition coefficient (Wildman–Crippen LogP) is 2.04. The van der Waals surface area contributed by atoms with Gasteiger partial charge in [0.15, 0.2) is 0 Å². The minimum Gasteiger partial charge on any atom is -0.481 e. The van der Waals surface area contributed by atoms with Crippen molar-refractivity contribution in [2.75, 3.05) is 7.11 Å². The number of hydrogen-bond acceptors (Lipinski definition) is 3. The molecule has 0 spiro atoms. The number of methoxy groups -OCH3 is 1. The molecule has 0 aliphatic rings. The van der Waals surface area contributed by atoms with Crippen LogP contribution in [0.25, 0.3) is 0 Å². The molecule has 0 saturated heterocycles. The van der Waals surface area contributed by atoms with E-state index in [0.717, 1.165) is 5.56 Å². The molecule has 1 rings (SSSR count). The highest BCUT2D eigenvalue weighted by molar-refractivity contribution is 5.21. The lowest BCUT2D eigenvalue weighted by Gasteiger charge is -2.25. The normalized spacial score (nSPS) is 13.7. The van der Waals surface area contributed by atoms with Gasteiger partial charge in [0, 0.05) is 12.3 Å². The lowest BCUT2D eigenvalue weighted by Crippen LogP contribution is -2.28. The van der Waals surface area contributed by atoms with Crippen LogP contribution in [0.3, 0.4) is 0 Å². The highest BCUT2D eigenvalue weighted by atomic mass is 16.5. The molecule has 1 heterocycles. The highest BCUT2D eigenvalue weighted by Gasteiger charge is 2.22. The summed E-state index contributed by atoms with van der Waals surface area (Å²) in [4.78, 5) is 4.02. The van der Waals surface area contributed by atoms with Crippen molar-refractivity contribution in [1.82, 2.24) is 4.98 Å². The number of rotatable bonds is 3. The zero-order valence-electron chi connectivity index (χ0n) is 9.82. The van der Waals surface area contributed by atoms with Crippen LogP contribution < -0.4 is 4.74 Å².